The van der Waals surface area contributed by atoms with Gasteiger partial charge in [0.05, 0.1) is 0 Å². The van der Waals surface area contributed by atoms with Crippen LogP contribution < -0.4 is 0 Å². The fourth-order valence-electron chi connectivity index (χ4n) is 4.62. The van der Waals surface area contributed by atoms with Crippen molar-refractivity contribution in [3.05, 3.63) is 125 Å². The van der Waals surface area contributed by atoms with Crippen molar-refractivity contribution in [2.75, 3.05) is 0 Å². The minimum Gasteiger partial charge on any atom is -0.317 e. The van der Waals surface area contributed by atoms with Gasteiger partial charge < -0.3 is 9.97 Å². The summed E-state index contributed by atoms with van der Waals surface area (Å²) in [5, 5.41) is 0. The summed E-state index contributed by atoms with van der Waals surface area (Å²) in [5.41, 5.74) is 12.7. The van der Waals surface area contributed by atoms with Crippen molar-refractivity contribution in [3.63, 3.8) is 0 Å². The Morgan fingerprint density at radius 2 is 1.49 bits per heavy atom. The van der Waals surface area contributed by atoms with Gasteiger partial charge in [-0.25, -0.2) is 0 Å². The average molecular weight is 660 g/mol. The van der Waals surface area contributed by atoms with Crippen molar-refractivity contribution < 1.29 is 20.1 Å². The zero-order valence-electron chi connectivity index (χ0n) is 21.8. The molecular formula is C33H29IrN3-2. The molecule has 0 fully saturated rings. The molecular weight excluding hydrogens is 631 g/mol. The number of rotatable bonds is 2. The van der Waals surface area contributed by atoms with E-state index >= 15 is 0 Å². The van der Waals surface area contributed by atoms with Gasteiger partial charge in [-0.15, -0.1) is 41.5 Å². The van der Waals surface area contributed by atoms with Gasteiger partial charge in [0.2, 0.25) is 0 Å². The van der Waals surface area contributed by atoms with Crippen LogP contribution in [0.2, 0.25) is 0 Å². The first-order valence-electron chi connectivity index (χ1n) is 12.2. The summed E-state index contributed by atoms with van der Waals surface area (Å²) in [7, 11) is 0. The molecule has 0 N–H and O–H groups in total. The average Bonchev–Trinajstić information content (AvgIpc) is 3.13. The van der Waals surface area contributed by atoms with Crippen molar-refractivity contribution in [1.82, 2.24) is 15.0 Å². The number of aromatic nitrogens is 3. The number of hydrogen-bond donors (Lipinski definition) is 0. The number of aryl methyl sites for hydroxylation is 3. The van der Waals surface area contributed by atoms with E-state index in [1.807, 2.05) is 30.6 Å². The zero-order chi connectivity index (χ0) is 25.3. The van der Waals surface area contributed by atoms with E-state index < -0.39 is 0 Å². The summed E-state index contributed by atoms with van der Waals surface area (Å²) in [6.07, 6.45) is 5.67. The Balaban J connectivity index is 0.000000178. The second-order valence-corrected chi connectivity index (χ2v) is 9.85. The summed E-state index contributed by atoms with van der Waals surface area (Å²) >= 11 is 0. The standard InChI is InChI=1S/C19H15N2.C14H14N.Ir/c1-19(2)15-8-4-3-7-13(15)14-12-21-18(11-16(14)19)17-9-5-6-10-20-17;1-10-4-6-13(7-5-10)14-8-11(2)12(3)9-15-14;/h3-8,10-12H,1-2H3;4-6,8-9H,1-3H3;/q2*-1;. The second kappa shape index (κ2) is 10.9. The number of nitrogens with zero attached hydrogens (tertiary/aromatic N) is 3. The van der Waals surface area contributed by atoms with E-state index in [-0.39, 0.29) is 25.5 Å². The largest absolute Gasteiger partial charge is 0.317 e. The Hall–Kier alpha value is -3.46. The van der Waals surface area contributed by atoms with Crippen LogP contribution in [0, 0.1) is 32.9 Å². The van der Waals surface area contributed by atoms with Crippen molar-refractivity contribution in [2.24, 2.45) is 0 Å². The number of benzene rings is 2. The molecule has 0 bridgehead atoms. The Bertz CT molecular complexity index is 1520. The SMILES string of the molecule is CC1(C)c2ccccc2-c2cnc(-c3[c-]cccn3)cc21.Cc1c[c-]c(-c2cc(C)c(C)cn2)cc1.[Ir]. The van der Waals surface area contributed by atoms with Gasteiger partial charge in [0, 0.05) is 43.5 Å². The second-order valence-electron chi connectivity index (χ2n) is 9.85. The topological polar surface area (TPSA) is 38.7 Å². The minimum absolute atomic E-state index is 0. The normalized spacial score (nSPS) is 12.5. The smallest absolute Gasteiger partial charge is 0.0207 e. The molecule has 187 valence electrons. The molecule has 5 aromatic rings. The number of fused-ring (bicyclic) bond motifs is 3. The third kappa shape index (κ3) is 5.32. The molecule has 4 heteroatoms. The summed E-state index contributed by atoms with van der Waals surface area (Å²) in [6, 6.07) is 29.1. The van der Waals surface area contributed by atoms with Crippen LogP contribution in [-0.4, -0.2) is 15.0 Å². The van der Waals surface area contributed by atoms with Crippen molar-refractivity contribution in [1.29, 1.82) is 0 Å². The molecule has 0 amide bonds. The summed E-state index contributed by atoms with van der Waals surface area (Å²) in [6.45, 7) is 10.8. The first-order valence-corrected chi connectivity index (χ1v) is 12.2. The molecule has 0 saturated heterocycles. The molecule has 0 unspecified atom stereocenters. The molecule has 0 spiro atoms. The van der Waals surface area contributed by atoms with Gasteiger partial charge >= 0.3 is 0 Å². The number of hydrogen-bond acceptors (Lipinski definition) is 3. The molecule has 1 aliphatic carbocycles. The van der Waals surface area contributed by atoms with Crippen molar-refractivity contribution in [2.45, 2.75) is 40.0 Å². The van der Waals surface area contributed by atoms with E-state index in [4.69, 9.17) is 0 Å². The Labute approximate surface area is 233 Å². The van der Waals surface area contributed by atoms with E-state index in [9.17, 15) is 0 Å². The maximum absolute atomic E-state index is 4.59. The summed E-state index contributed by atoms with van der Waals surface area (Å²) < 4.78 is 0. The van der Waals surface area contributed by atoms with Gasteiger partial charge in [-0.3, -0.25) is 4.98 Å². The molecule has 1 aliphatic rings. The van der Waals surface area contributed by atoms with Gasteiger partial charge in [0.1, 0.15) is 0 Å². The first kappa shape index (κ1) is 26.6. The van der Waals surface area contributed by atoms with Gasteiger partial charge in [-0.05, 0) is 59.4 Å². The molecule has 2 aromatic carbocycles. The van der Waals surface area contributed by atoms with Crippen molar-refractivity contribution in [3.8, 4) is 33.8 Å². The van der Waals surface area contributed by atoms with Gasteiger partial charge in [0.25, 0.3) is 0 Å². The van der Waals surface area contributed by atoms with Crippen molar-refractivity contribution >= 4 is 0 Å². The molecule has 0 atom stereocenters. The third-order valence-corrected chi connectivity index (χ3v) is 6.93. The predicted octanol–water partition coefficient (Wildman–Crippen LogP) is 7.72. The van der Waals surface area contributed by atoms with Crippen LogP contribution in [0.25, 0.3) is 33.8 Å². The fourth-order valence-corrected chi connectivity index (χ4v) is 4.62. The van der Waals surface area contributed by atoms with Crippen LogP contribution in [0.5, 0.6) is 0 Å². The van der Waals surface area contributed by atoms with Crippen LogP contribution in [-0.2, 0) is 25.5 Å². The molecule has 3 aromatic heterocycles. The quantitative estimate of drug-likeness (QED) is 0.182. The monoisotopic (exact) mass is 660 g/mol. The van der Waals surface area contributed by atoms with Crippen LogP contribution >= 0.6 is 0 Å². The number of pyridine rings is 3. The van der Waals surface area contributed by atoms with Crippen LogP contribution in [0.4, 0.5) is 0 Å². The molecule has 3 nitrogen and oxygen atoms in total. The zero-order valence-corrected chi connectivity index (χ0v) is 24.2. The predicted molar refractivity (Wildman–Crippen MR) is 147 cm³/mol. The summed E-state index contributed by atoms with van der Waals surface area (Å²) in [5.74, 6) is 0. The van der Waals surface area contributed by atoms with E-state index in [1.165, 1.54) is 38.9 Å². The molecule has 3 heterocycles. The van der Waals surface area contributed by atoms with E-state index in [2.05, 4.69) is 110 Å². The van der Waals surface area contributed by atoms with Gasteiger partial charge in [0.15, 0.2) is 0 Å². The molecule has 0 aliphatic heterocycles. The van der Waals surface area contributed by atoms with E-state index in [0.717, 1.165) is 22.6 Å². The van der Waals surface area contributed by atoms with Crippen LogP contribution in [0.3, 0.4) is 0 Å². The Morgan fingerprint density at radius 3 is 2.19 bits per heavy atom. The third-order valence-electron chi connectivity index (χ3n) is 6.93. The Kier molecular flexibility index (Phi) is 7.82. The van der Waals surface area contributed by atoms with Crippen LogP contribution in [0.15, 0.2) is 85.3 Å². The van der Waals surface area contributed by atoms with E-state index in [1.54, 1.807) is 6.20 Å². The van der Waals surface area contributed by atoms with Crippen LogP contribution in [0.1, 0.15) is 41.7 Å². The van der Waals surface area contributed by atoms with Gasteiger partial charge in [-0.1, -0.05) is 62.7 Å². The summed E-state index contributed by atoms with van der Waals surface area (Å²) in [4.78, 5) is 13.4. The minimum atomic E-state index is -0.00159. The molecule has 37 heavy (non-hydrogen) atoms. The molecule has 0 saturated carbocycles. The maximum Gasteiger partial charge on any atom is 0.0207 e. The Morgan fingerprint density at radius 1 is 0.703 bits per heavy atom. The molecule has 6 rings (SSSR count). The van der Waals surface area contributed by atoms with E-state index in [0.29, 0.717) is 0 Å². The fraction of sp³-hybridized carbons (Fsp3) is 0.182. The first-order chi connectivity index (χ1) is 17.3. The maximum atomic E-state index is 4.59. The molecule has 1 radical (unpaired) electrons. The van der Waals surface area contributed by atoms with Gasteiger partial charge in [-0.2, -0.15) is 12.1 Å².